The van der Waals surface area contributed by atoms with Gasteiger partial charge in [-0.2, -0.15) is 5.26 Å². The van der Waals surface area contributed by atoms with Crippen LogP contribution in [0.4, 0.5) is 0 Å². The van der Waals surface area contributed by atoms with Gasteiger partial charge in [-0.15, -0.1) is 10.2 Å². The van der Waals surface area contributed by atoms with E-state index in [1.165, 1.54) is 0 Å². The number of nitrogens with zero attached hydrogens (tertiary/aromatic N) is 4. The van der Waals surface area contributed by atoms with Crippen LogP contribution >= 0.6 is 0 Å². The van der Waals surface area contributed by atoms with E-state index in [9.17, 15) is 0 Å². The van der Waals surface area contributed by atoms with Crippen molar-refractivity contribution in [1.82, 2.24) is 14.6 Å². The van der Waals surface area contributed by atoms with Crippen molar-refractivity contribution in [2.75, 3.05) is 7.11 Å². The third-order valence-corrected chi connectivity index (χ3v) is 2.27. The Kier molecular flexibility index (Phi) is 2.35. The summed E-state index contributed by atoms with van der Waals surface area (Å²) in [4.78, 5) is 0. The Morgan fingerprint density at radius 2 is 2.27 bits per heavy atom. The predicted octanol–water partition coefficient (Wildman–Crippen LogP) is 1.31. The second-order valence-corrected chi connectivity index (χ2v) is 3.19. The second-order valence-electron chi connectivity index (χ2n) is 3.19. The molecule has 5 heteroatoms. The molecular formula is C10H10N4O. The maximum absolute atomic E-state index is 8.79. The highest BCUT2D eigenvalue weighted by Crippen LogP contribution is 2.15. The fourth-order valence-corrected chi connectivity index (χ4v) is 1.36. The monoisotopic (exact) mass is 202 g/mol. The highest BCUT2D eigenvalue weighted by Gasteiger charge is 2.12. The first-order valence-electron chi connectivity index (χ1n) is 4.54. The lowest BCUT2D eigenvalue weighted by Gasteiger charge is -2.06. The van der Waals surface area contributed by atoms with Crippen LogP contribution in [0.3, 0.4) is 0 Å². The van der Waals surface area contributed by atoms with Gasteiger partial charge in [-0.05, 0) is 19.1 Å². The minimum Gasteiger partial charge on any atom is -0.374 e. The molecule has 0 aliphatic rings. The highest BCUT2D eigenvalue weighted by atomic mass is 16.5. The van der Waals surface area contributed by atoms with Crippen LogP contribution in [0.1, 0.15) is 24.4 Å². The van der Waals surface area contributed by atoms with Crippen LogP contribution in [0, 0.1) is 11.3 Å². The third-order valence-electron chi connectivity index (χ3n) is 2.27. The van der Waals surface area contributed by atoms with Crippen LogP contribution in [-0.4, -0.2) is 21.7 Å². The molecule has 15 heavy (non-hydrogen) atoms. The third kappa shape index (κ3) is 1.55. The predicted molar refractivity (Wildman–Crippen MR) is 53.1 cm³/mol. The average molecular weight is 202 g/mol. The van der Waals surface area contributed by atoms with Crippen LogP contribution in [0.25, 0.3) is 5.65 Å². The summed E-state index contributed by atoms with van der Waals surface area (Å²) < 4.78 is 6.94. The summed E-state index contributed by atoms with van der Waals surface area (Å²) in [7, 11) is 1.61. The largest absolute Gasteiger partial charge is 0.374 e. The van der Waals surface area contributed by atoms with E-state index in [1.54, 1.807) is 29.8 Å². The summed E-state index contributed by atoms with van der Waals surface area (Å²) in [6.45, 7) is 1.88. The van der Waals surface area contributed by atoms with E-state index >= 15 is 0 Å². The number of fused-ring (bicyclic) bond motifs is 1. The van der Waals surface area contributed by atoms with Crippen molar-refractivity contribution in [1.29, 1.82) is 5.26 Å². The summed E-state index contributed by atoms with van der Waals surface area (Å²) >= 11 is 0. The van der Waals surface area contributed by atoms with E-state index in [1.807, 2.05) is 6.92 Å². The lowest BCUT2D eigenvalue weighted by Crippen LogP contribution is -2.02. The molecule has 0 spiro atoms. The molecule has 0 aliphatic carbocycles. The normalized spacial score (nSPS) is 12.6. The quantitative estimate of drug-likeness (QED) is 0.736. The van der Waals surface area contributed by atoms with E-state index in [0.717, 1.165) is 0 Å². The van der Waals surface area contributed by atoms with Crippen LogP contribution in [0.2, 0.25) is 0 Å². The van der Waals surface area contributed by atoms with Gasteiger partial charge in [-0.3, -0.25) is 4.40 Å². The van der Waals surface area contributed by atoms with Gasteiger partial charge in [0.05, 0.1) is 5.56 Å². The van der Waals surface area contributed by atoms with Crippen molar-refractivity contribution in [3.63, 3.8) is 0 Å². The number of ether oxygens (including phenoxy) is 1. The summed E-state index contributed by atoms with van der Waals surface area (Å²) in [5.41, 5.74) is 1.29. The van der Waals surface area contributed by atoms with Crippen LogP contribution in [0.5, 0.6) is 0 Å². The molecule has 1 atom stereocenters. The zero-order valence-electron chi connectivity index (χ0n) is 8.51. The standard InChI is InChI=1S/C10H10N4O/c1-7(15-2)10-13-12-9-4-3-8(5-11)6-14(9)10/h3-4,6-7H,1-2H3. The Morgan fingerprint density at radius 1 is 1.47 bits per heavy atom. The number of methoxy groups -OCH3 is 1. The zero-order valence-corrected chi connectivity index (χ0v) is 8.51. The van der Waals surface area contributed by atoms with Crippen molar-refractivity contribution < 1.29 is 4.74 Å². The molecule has 0 aliphatic heterocycles. The van der Waals surface area contributed by atoms with Gasteiger partial charge < -0.3 is 4.74 Å². The molecule has 0 bridgehead atoms. The smallest absolute Gasteiger partial charge is 0.166 e. The molecule has 0 fully saturated rings. The molecular weight excluding hydrogens is 192 g/mol. The van der Waals surface area contributed by atoms with Crippen molar-refractivity contribution in [2.45, 2.75) is 13.0 Å². The molecule has 0 radical (unpaired) electrons. The fourth-order valence-electron chi connectivity index (χ4n) is 1.36. The molecule has 2 rings (SSSR count). The number of pyridine rings is 1. The van der Waals surface area contributed by atoms with E-state index in [2.05, 4.69) is 16.3 Å². The van der Waals surface area contributed by atoms with E-state index in [0.29, 0.717) is 17.0 Å². The second kappa shape index (κ2) is 3.67. The Balaban J connectivity index is 2.62. The number of rotatable bonds is 2. The van der Waals surface area contributed by atoms with Crippen LogP contribution < -0.4 is 0 Å². The van der Waals surface area contributed by atoms with Gasteiger partial charge >= 0.3 is 0 Å². The topological polar surface area (TPSA) is 63.2 Å². The lowest BCUT2D eigenvalue weighted by molar-refractivity contribution is 0.111. The molecule has 0 aromatic carbocycles. The zero-order chi connectivity index (χ0) is 10.8. The molecule has 0 N–H and O–H groups in total. The summed E-state index contributed by atoms with van der Waals surface area (Å²) in [5.74, 6) is 0.699. The number of hydrogen-bond donors (Lipinski definition) is 0. The molecule has 2 aromatic heterocycles. The first-order chi connectivity index (χ1) is 7.26. The minimum atomic E-state index is -0.144. The molecule has 76 valence electrons. The Morgan fingerprint density at radius 3 is 2.93 bits per heavy atom. The maximum atomic E-state index is 8.79. The fraction of sp³-hybridized carbons (Fsp3) is 0.300. The van der Waals surface area contributed by atoms with Crippen molar-refractivity contribution >= 4 is 5.65 Å². The highest BCUT2D eigenvalue weighted by molar-refractivity contribution is 5.42. The van der Waals surface area contributed by atoms with Gasteiger partial charge in [-0.1, -0.05) is 0 Å². The Hall–Kier alpha value is -1.93. The molecule has 1 unspecified atom stereocenters. The first kappa shape index (κ1) is 9.62. The van der Waals surface area contributed by atoms with Crippen molar-refractivity contribution in [3.05, 3.63) is 29.7 Å². The summed E-state index contributed by atoms with van der Waals surface area (Å²) in [5, 5.41) is 16.8. The van der Waals surface area contributed by atoms with Gasteiger partial charge in [0.15, 0.2) is 11.5 Å². The molecule has 2 aromatic rings. The number of nitriles is 1. The first-order valence-corrected chi connectivity index (χ1v) is 4.54. The average Bonchev–Trinajstić information content (AvgIpc) is 2.70. The number of aromatic nitrogens is 3. The van der Waals surface area contributed by atoms with Crippen molar-refractivity contribution in [3.8, 4) is 6.07 Å². The van der Waals surface area contributed by atoms with Crippen LogP contribution in [0.15, 0.2) is 18.3 Å². The van der Waals surface area contributed by atoms with Gasteiger partial charge in [0.25, 0.3) is 0 Å². The van der Waals surface area contributed by atoms with E-state index in [4.69, 9.17) is 10.00 Å². The molecule has 0 saturated carbocycles. The molecule has 2 heterocycles. The van der Waals surface area contributed by atoms with Gasteiger partial charge in [-0.25, -0.2) is 0 Å². The lowest BCUT2D eigenvalue weighted by atomic mass is 10.3. The summed E-state index contributed by atoms with van der Waals surface area (Å²) in [6.07, 6.45) is 1.56. The van der Waals surface area contributed by atoms with Crippen molar-refractivity contribution in [2.24, 2.45) is 0 Å². The molecule has 5 nitrogen and oxygen atoms in total. The summed E-state index contributed by atoms with van der Waals surface area (Å²) in [6, 6.07) is 5.55. The van der Waals surface area contributed by atoms with Crippen LogP contribution in [-0.2, 0) is 4.74 Å². The minimum absolute atomic E-state index is 0.144. The SMILES string of the molecule is COC(C)c1nnc2ccc(C#N)cn12. The van der Waals surface area contributed by atoms with E-state index < -0.39 is 0 Å². The molecule has 0 saturated heterocycles. The number of hydrogen-bond acceptors (Lipinski definition) is 4. The van der Waals surface area contributed by atoms with Gasteiger partial charge in [0.1, 0.15) is 12.2 Å². The van der Waals surface area contributed by atoms with Gasteiger partial charge in [0, 0.05) is 13.3 Å². The Labute approximate surface area is 86.9 Å². The maximum Gasteiger partial charge on any atom is 0.166 e. The Bertz CT molecular complexity index is 526. The molecule has 0 amide bonds. The van der Waals surface area contributed by atoms with Gasteiger partial charge in [0.2, 0.25) is 0 Å². The van der Waals surface area contributed by atoms with E-state index in [-0.39, 0.29) is 6.10 Å².